The summed E-state index contributed by atoms with van der Waals surface area (Å²) in [5.41, 5.74) is 2.93. The second-order valence-corrected chi connectivity index (χ2v) is 6.93. The van der Waals surface area contributed by atoms with Crippen LogP contribution < -0.4 is 9.75 Å². The number of unbranched alkanes of at least 4 members (excludes halogenated alkanes) is 1. The van der Waals surface area contributed by atoms with Gasteiger partial charge in [0, 0.05) is 14.6 Å². The van der Waals surface area contributed by atoms with Gasteiger partial charge in [-0.15, -0.1) is 11.3 Å². The van der Waals surface area contributed by atoms with Gasteiger partial charge in [0.25, 0.3) is 0 Å². The molecule has 0 fully saturated rings. The fraction of sp³-hybridized carbons (Fsp3) is 0.368. The molecular formula is C19H22S. The summed E-state index contributed by atoms with van der Waals surface area (Å²) < 4.78 is 2.83. The van der Waals surface area contributed by atoms with Crippen LogP contribution in [0.3, 0.4) is 0 Å². The van der Waals surface area contributed by atoms with Gasteiger partial charge in [-0.05, 0) is 49.1 Å². The van der Waals surface area contributed by atoms with Gasteiger partial charge in [-0.3, -0.25) is 0 Å². The van der Waals surface area contributed by atoms with Crippen molar-refractivity contribution in [2.45, 2.75) is 40.0 Å². The highest BCUT2D eigenvalue weighted by Crippen LogP contribution is 2.22. The number of hydrogen-bond donors (Lipinski definition) is 0. The topological polar surface area (TPSA) is 0 Å². The van der Waals surface area contributed by atoms with E-state index in [0.717, 1.165) is 0 Å². The Bertz CT molecular complexity index is 774. The van der Waals surface area contributed by atoms with Crippen molar-refractivity contribution in [1.82, 2.24) is 0 Å². The van der Waals surface area contributed by atoms with Crippen molar-refractivity contribution < 1.29 is 0 Å². The zero-order valence-corrected chi connectivity index (χ0v) is 13.4. The van der Waals surface area contributed by atoms with Gasteiger partial charge in [0.1, 0.15) is 0 Å². The first-order valence-electron chi connectivity index (χ1n) is 7.61. The minimum Gasteiger partial charge on any atom is -0.135 e. The van der Waals surface area contributed by atoms with Crippen molar-refractivity contribution >= 4 is 33.6 Å². The van der Waals surface area contributed by atoms with Gasteiger partial charge < -0.3 is 0 Å². The van der Waals surface area contributed by atoms with Crippen LogP contribution in [0.5, 0.6) is 0 Å². The third-order valence-electron chi connectivity index (χ3n) is 4.18. The van der Waals surface area contributed by atoms with Crippen molar-refractivity contribution in [1.29, 1.82) is 0 Å². The van der Waals surface area contributed by atoms with E-state index in [4.69, 9.17) is 0 Å². The minimum absolute atomic E-state index is 0.553. The summed E-state index contributed by atoms with van der Waals surface area (Å²) in [6.45, 7) is 6.78. The van der Waals surface area contributed by atoms with E-state index in [2.05, 4.69) is 57.2 Å². The SMILES string of the molecule is CCCCC1=CC=c2sc3ccc(C)cc3c2=C[C@H]1C. The van der Waals surface area contributed by atoms with E-state index in [1.54, 1.807) is 5.57 Å². The molecule has 0 amide bonds. The molecule has 0 saturated carbocycles. The lowest BCUT2D eigenvalue weighted by atomic mass is 9.95. The van der Waals surface area contributed by atoms with Gasteiger partial charge in [-0.1, -0.05) is 49.6 Å². The van der Waals surface area contributed by atoms with E-state index in [-0.39, 0.29) is 0 Å². The Balaban J connectivity index is 2.15. The molecule has 2 aromatic rings. The van der Waals surface area contributed by atoms with Gasteiger partial charge in [-0.25, -0.2) is 0 Å². The highest BCUT2D eigenvalue weighted by Gasteiger charge is 2.10. The molecular weight excluding hydrogens is 260 g/mol. The molecule has 1 aliphatic carbocycles. The van der Waals surface area contributed by atoms with Crippen molar-refractivity contribution in [3.63, 3.8) is 0 Å². The molecule has 0 N–H and O–H groups in total. The van der Waals surface area contributed by atoms with Gasteiger partial charge >= 0.3 is 0 Å². The van der Waals surface area contributed by atoms with Gasteiger partial charge in [0.2, 0.25) is 0 Å². The van der Waals surface area contributed by atoms with Crippen LogP contribution in [0.1, 0.15) is 38.7 Å². The maximum Gasteiger partial charge on any atom is 0.0355 e. The van der Waals surface area contributed by atoms with E-state index in [0.29, 0.717) is 5.92 Å². The molecule has 0 spiro atoms. The number of hydrogen-bond acceptors (Lipinski definition) is 1. The van der Waals surface area contributed by atoms with E-state index in [1.807, 2.05) is 11.3 Å². The summed E-state index contributed by atoms with van der Waals surface area (Å²) in [5.74, 6) is 0.553. The Morgan fingerprint density at radius 1 is 1.20 bits per heavy atom. The third kappa shape index (κ3) is 2.47. The lowest BCUT2D eigenvalue weighted by Gasteiger charge is -2.10. The highest BCUT2D eigenvalue weighted by atomic mass is 32.1. The van der Waals surface area contributed by atoms with Crippen molar-refractivity contribution in [2.75, 3.05) is 0 Å². The molecule has 1 aromatic heterocycles. The second-order valence-electron chi connectivity index (χ2n) is 5.85. The van der Waals surface area contributed by atoms with Crippen LogP contribution >= 0.6 is 11.3 Å². The van der Waals surface area contributed by atoms with Crippen LogP contribution in [0.4, 0.5) is 0 Å². The molecule has 0 saturated heterocycles. The first-order valence-corrected chi connectivity index (χ1v) is 8.42. The minimum atomic E-state index is 0.553. The average Bonchev–Trinajstić information content (AvgIpc) is 2.68. The molecule has 0 unspecified atom stereocenters. The summed E-state index contributed by atoms with van der Waals surface area (Å²) >= 11 is 1.92. The molecule has 1 heteroatoms. The Kier molecular flexibility index (Phi) is 3.80. The van der Waals surface area contributed by atoms with Gasteiger partial charge in [0.15, 0.2) is 0 Å². The molecule has 20 heavy (non-hydrogen) atoms. The van der Waals surface area contributed by atoms with Crippen LogP contribution in [-0.4, -0.2) is 0 Å². The number of allylic oxidation sites excluding steroid dienone is 2. The van der Waals surface area contributed by atoms with Crippen LogP contribution in [-0.2, 0) is 0 Å². The molecule has 1 heterocycles. The predicted molar refractivity (Wildman–Crippen MR) is 91.5 cm³/mol. The number of thiophene rings is 1. The van der Waals surface area contributed by atoms with Gasteiger partial charge in [0.05, 0.1) is 0 Å². The van der Waals surface area contributed by atoms with Crippen molar-refractivity contribution in [3.05, 3.63) is 45.2 Å². The lowest BCUT2D eigenvalue weighted by Crippen LogP contribution is -2.18. The maximum atomic E-state index is 2.47. The standard InChI is InChI=1S/C19H22S/c1-4-5-6-15-8-10-19-17(12-14(15)3)16-11-13(2)7-9-18(16)20-19/h7-12,14H,4-6H2,1-3H3/t14-/m1/s1. The summed E-state index contributed by atoms with van der Waals surface area (Å²) in [5, 5.41) is 2.88. The van der Waals surface area contributed by atoms with Crippen molar-refractivity contribution in [2.24, 2.45) is 5.92 Å². The quantitative estimate of drug-likeness (QED) is 0.775. The normalized spacial score (nSPS) is 17.9. The largest absolute Gasteiger partial charge is 0.135 e. The molecule has 1 aromatic carbocycles. The maximum absolute atomic E-state index is 2.47. The van der Waals surface area contributed by atoms with Crippen LogP contribution in [0.15, 0.2) is 29.8 Å². The zero-order chi connectivity index (χ0) is 14.1. The molecule has 1 aliphatic rings. The monoisotopic (exact) mass is 282 g/mol. The zero-order valence-electron chi connectivity index (χ0n) is 12.6. The fourth-order valence-corrected chi connectivity index (χ4v) is 4.00. The first-order chi connectivity index (χ1) is 9.69. The van der Waals surface area contributed by atoms with Crippen LogP contribution in [0, 0.1) is 12.8 Å². The van der Waals surface area contributed by atoms with Crippen LogP contribution in [0.25, 0.3) is 22.2 Å². The van der Waals surface area contributed by atoms with E-state index < -0.39 is 0 Å². The first kappa shape index (κ1) is 13.6. The van der Waals surface area contributed by atoms with Crippen molar-refractivity contribution in [3.8, 4) is 0 Å². The Labute approximate surface area is 125 Å². The summed E-state index contributed by atoms with van der Waals surface area (Å²) in [6, 6.07) is 6.81. The number of rotatable bonds is 3. The number of aryl methyl sites for hydroxylation is 1. The van der Waals surface area contributed by atoms with E-state index in [9.17, 15) is 0 Å². The summed E-state index contributed by atoms with van der Waals surface area (Å²) in [7, 11) is 0. The van der Waals surface area contributed by atoms with E-state index >= 15 is 0 Å². The Morgan fingerprint density at radius 2 is 2.05 bits per heavy atom. The molecule has 104 valence electrons. The number of fused-ring (bicyclic) bond motifs is 3. The third-order valence-corrected chi connectivity index (χ3v) is 5.33. The molecule has 0 aliphatic heterocycles. The van der Waals surface area contributed by atoms with E-state index in [1.165, 1.54) is 44.7 Å². The predicted octanol–water partition coefficient (Wildman–Crippen LogP) is 4.54. The van der Waals surface area contributed by atoms with Gasteiger partial charge in [-0.2, -0.15) is 0 Å². The lowest BCUT2D eigenvalue weighted by molar-refractivity contribution is 0.730. The highest BCUT2D eigenvalue weighted by molar-refractivity contribution is 7.17. The molecule has 0 bridgehead atoms. The molecule has 0 radical (unpaired) electrons. The molecule has 3 rings (SSSR count). The summed E-state index contributed by atoms with van der Waals surface area (Å²) in [6.07, 6.45) is 11.0. The van der Waals surface area contributed by atoms with Crippen LogP contribution in [0.2, 0.25) is 0 Å². The Morgan fingerprint density at radius 3 is 2.85 bits per heavy atom. The second kappa shape index (κ2) is 5.57. The Hall–Kier alpha value is -1.34. The summed E-state index contributed by atoms with van der Waals surface area (Å²) in [4.78, 5) is 0. The fourth-order valence-electron chi connectivity index (χ4n) is 2.93. The smallest absolute Gasteiger partial charge is 0.0355 e. The average molecular weight is 282 g/mol. The number of benzene rings is 1. The molecule has 1 atom stereocenters. The molecule has 0 nitrogen and oxygen atoms in total.